The van der Waals surface area contributed by atoms with Crippen LogP contribution in [0.5, 0.6) is 5.88 Å². The lowest BCUT2D eigenvalue weighted by Gasteiger charge is -2.06. The summed E-state index contributed by atoms with van der Waals surface area (Å²) < 4.78 is 42.1. The molecule has 1 aromatic rings. The standard InChI is InChI=1S/C8H9ClF3N3O2/c1-15-2-4(13-7(16)6(9)12)8(14-15)17-3-5(10)11/h2,5-6H,3H2,1H3,(H,13,16). The van der Waals surface area contributed by atoms with Crippen LogP contribution in [0.1, 0.15) is 0 Å². The fourth-order valence-electron chi connectivity index (χ4n) is 0.990. The van der Waals surface area contributed by atoms with E-state index in [-0.39, 0.29) is 11.6 Å². The van der Waals surface area contributed by atoms with E-state index in [9.17, 15) is 18.0 Å². The summed E-state index contributed by atoms with van der Waals surface area (Å²) in [4.78, 5) is 11.0. The predicted octanol–water partition coefficient (Wildman–Crippen LogP) is 1.54. The highest BCUT2D eigenvalue weighted by Gasteiger charge is 2.18. The van der Waals surface area contributed by atoms with Crippen LogP contribution in [-0.4, -0.2) is 34.4 Å². The molecule has 1 heterocycles. The summed E-state index contributed by atoms with van der Waals surface area (Å²) in [6.07, 6.45) is -1.40. The molecule has 1 unspecified atom stereocenters. The van der Waals surface area contributed by atoms with E-state index in [0.717, 1.165) is 0 Å². The third-order valence-corrected chi connectivity index (χ3v) is 1.80. The van der Waals surface area contributed by atoms with Crippen molar-refractivity contribution in [2.45, 2.75) is 12.1 Å². The van der Waals surface area contributed by atoms with Crippen molar-refractivity contribution in [1.82, 2.24) is 9.78 Å². The molecule has 0 spiro atoms. The third kappa shape index (κ3) is 4.14. The Kier molecular flexibility index (Phi) is 4.62. The van der Waals surface area contributed by atoms with Gasteiger partial charge in [-0.05, 0) is 0 Å². The Morgan fingerprint density at radius 2 is 2.29 bits per heavy atom. The number of hydrogen-bond acceptors (Lipinski definition) is 3. The fourth-order valence-corrected chi connectivity index (χ4v) is 1.04. The summed E-state index contributed by atoms with van der Waals surface area (Å²) >= 11 is 4.90. The highest BCUT2D eigenvalue weighted by atomic mass is 35.5. The van der Waals surface area contributed by atoms with E-state index in [1.54, 1.807) is 0 Å². The Bertz CT molecular complexity index is 397. The Hall–Kier alpha value is -1.44. The van der Waals surface area contributed by atoms with Crippen LogP contribution < -0.4 is 10.1 Å². The molecule has 96 valence electrons. The molecule has 0 radical (unpaired) electrons. The lowest BCUT2D eigenvalue weighted by atomic mass is 10.5. The van der Waals surface area contributed by atoms with E-state index in [1.807, 2.05) is 0 Å². The maximum Gasteiger partial charge on any atom is 0.274 e. The van der Waals surface area contributed by atoms with Crippen molar-refractivity contribution >= 4 is 23.2 Å². The van der Waals surface area contributed by atoms with E-state index in [2.05, 4.69) is 15.2 Å². The first-order valence-corrected chi connectivity index (χ1v) is 4.87. The van der Waals surface area contributed by atoms with E-state index < -0.39 is 24.6 Å². The second-order valence-corrected chi connectivity index (χ2v) is 3.40. The van der Waals surface area contributed by atoms with Crippen LogP contribution in [0.4, 0.5) is 18.9 Å². The van der Waals surface area contributed by atoms with Crippen molar-refractivity contribution < 1.29 is 22.7 Å². The van der Waals surface area contributed by atoms with Crippen molar-refractivity contribution in [3.63, 3.8) is 0 Å². The molecule has 0 bridgehead atoms. The Morgan fingerprint density at radius 1 is 1.65 bits per heavy atom. The molecule has 1 atom stereocenters. The Morgan fingerprint density at radius 3 is 2.82 bits per heavy atom. The zero-order valence-electron chi connectivity index (χ0n) is 8.66. The van der Waals surface area contributed by atoms with Gasteiger partial charge in [0.1, 0.15) is 5.69 Å². The second-order valence-electron chi connectivity index (χ2n) is 3.01. The smallest absolute Gasteiger partial charge is 0.274 e. The molecule has 0 aliphatic carbocycles. The van der Waals surface area contributed by atoms with Gasteiger partial charge in [0.2, 0.25) is 0 Å². The van der Waals surface area contributed by atoms with Crippen LogP contribution in [0.3, 0.4) is 0 Å². The number of alkyl halides is 4. The van der Waals surface area contributed by atoms with Gasteiger partial charge < -0.3 is 10.1 Å². The molecule has 9 heteroatoms. The van der Waals surface area contributed by atoms with E-state index in [1.165, 1.54) is 17.9 Å². The van der Waals surface area contributed by atoms with Gasteiger partial charge in [0, 0.05) is 7.05 Å². The molecule has 17 heavy (non-hydrogen) atoms. The number of aromatic nitrogens is 2. The topological polar surface area (TPSA) is 56.2 Å². The molecule has 5 nitrogen and oxygen atoms in total. The Labute approximate surface area is 99.5 Å². The number of amides is 1. The number of ether oxygens (including phenoxy) is 1. The quantitative estimate of drug-likeness (QED) is 0.827. The highest BCUT2D eigenvalue weighted by molar-refractivity contribution is 6.31. The first kappa shape index (κ1) is 13.6. The van der Waals surface area contributed by atoms with Crippen LogP contribution >= 0.6 is 11.6 Å². The normalized spacial score (nSPS) is 12.6. The summed E-state index contributed by atoms with van der Waals surface area (Å²) in [7, 11) is 1.48. The summed E-state index contributed by atoms with van der Waals surface area (Å²) in [5.41, 5.74) is -2.26. The van der Waals surface area contributed by atoms with Crippen molar-refractivity contribution in [2.24, 2.45) is 7.05 Å². The average Bonchev–Trinajstić information content (AvgIpc) is 2.55. The monoisotopic (exact) mass is 271 g/mol. The molecule has 0 aromatic carbocycles. The molecule has 1 amide bonds. The molecule has 0 fully saturated rings. The molecule has 0 aliphatic heterocycles. The van der Waals surface area contributed by atoms with Crippen LogP contribution in [0.2, 0.25) is 0 Å². The number of hydrogen-bond donors (Lipinski definition) is 1. The maximum atomic E-state index is 12.4. The van der Waals surface area contributed by atoms with Gasteiger partial charge in [-0.15, -0.1) is 5.10 Å². The van der Waals surface area contributed by atoms with Crippen molar-refractivity contribution in [3.05, 3.63) is 6.20 Å². The van der Waals surface area contributed by atoms with Gasteiger partial charge in [-0.2, -0.15) is 0 Å². The number of carbonyl (C=O) groups excluding carboxylic acids is 1. The minimum absolute atomic E-state index is 0.0264. The van der Waals surface area contributed by atoms with Gasteiger partial charge in [0.15, 0.2) is 6.61 Å². The summed E-state index contributed by atoms with van der Waals surface area (Å²) in [5.74, 6) is -1.35. The average molecular weight is 272 g/mol. The van der Waals surface area contributed by atoms with Gasteiger partial charge in [-0.1, -0.05) is 11.6 Å². The van der Waals surface area contributed by atoms with Crippen LogP contribution in [0.25, 0.3) is 0 Å². The predicted molar refractivity (Wildman–Crippen MR) is 54.1 cm³/mol. The number of aryl methyl sites for hydroxylation is 1. The highest BCUT2D eigenvalue weighted by Crippen LogP contribution is 2.22. The zero-order valence-corrected chi connectivity index (χ0v) is 9.42. The van der Waals surface area contributed by atoms with Gasteiger partial charge in [-0.3, -0.25) is 9.48 Å². The minimum atomic E-state index is -2.68. The van der Waals surface area contributed by atoms with E-state index in [0.29, 0.717) is 0 Å². The molecule has 1 N–H and O–H groups in total. The summed E-state index contributed by atoms with van der Waals surface area (Å²) in [5, 5.41) is 5.73. The van der Waals surface area contributed by atoms with Crippen LogP contribution in [-0.2, 0) is 11.8 Å². The molecule has 1 rings (SSSR count). The van der Waals surface area contributed by atoms with Crippen molar-refractivity contribution in [3.8, 4) is 5.88 Å². The van der Waals surface area contributed by atoms with Gasteiger partial charge >= 0.3 is 0 Å². The first-order valence-electron chi connectivity index (χ1n) is 4.43. The summed E-state index contributed by atoms with van der Waals surface area (Å²) in [6.45, 7) is -0.875. The van der Waals surface area contributed by atoms with Gasteiger partial charge in [-0.25, -0.2) is 13.2 Å². The van der Waals surface area contributed by atoms with Crippen molar-refractivity contribution in [1.29, 1.82) is 0 Å². The lowest BCUT2D eigenvalue weighted by Crippen LogP contribution is -2.19. The molecule has 0 aliphatic rings. The maximum absolute atomic E-state index is 12.4. The number of nitrogens with one attached hydrogen (secondary N) is 1. The van der Waals surface area contributed by atoms with E-state index >= 15 is 0 Å². The molecular weight excluding hydrogens is 263 g/mol. The summed E-state index contributed by atoms with van der Waals surface area (Å²) in [6, 6.07) is 0. The van der Waals surface area contributed by atoms with Crippen LogP contribution in [0, 0.1) is 0 Å². The number of anilines is 1. The molecule has 1 aromatic heterocycles. The number of nitrogens with zero attached hydrogens (tertiary/aromatic N) is 2. The van der Waals surface area contributed by atoms with Crippen molar-refractivity contribution in [2.75, 3.05) is 11.9 Å². The lowest BCUT2D eigenvalue weighted by molar-refractivity contribution is -0.118. The SMILES string of the molecule is Cn1cc(NC(=O)C(F)Cl)c(OCC(F)F)n1. The second kappa shape index (κ2) is 5.76. The van der Waals surface area contributed by atoms with E-state index in [4.69, 9.17) is 11.6 Å². The van der Waals surface area contributed by atoms with Gasteiger partial charge in [0.05, 0.1) is 6.20 Å². The molecular formula is C8H9ClF3N3O2. The van der Waals surface area contributed by atoms with Gasteiger partial charge in [0.25, 0.3) is 23.8 Å². The molecule has 0 saturated carbocycles. The van der Waals surface area contributed by atoms with Crippen LogP contribution in [0.15, 0.2) is 6.20 Å². The number of rotatable bonds is 5. The first-order chi connectivity index (χ1) is 7.90. The largest absolute Gasteiger partial charge is 0.469 e. The third-order valence-electron chi connectivity index (χ3n) is 1.60. The zero-order chi connectivity index (χ0) is 13.0. The number of carbonyl (C=O) groups is 1. The minimum Gasteiger partial charge on any atom is -0.469 e. The Balaban J connectivity index is 2.73. The molecule has 0 saturated heterocycles. The fraction of sp³-hybridized carbons (Fsp3) is 0.500. The number of halogens is 4.